The maximum absolute atomic E-state index is 13.3. The molecular weight excluding hydrogens is 346 g/mol. The molecule has 2 aromatic rings. The standard InChI is InChI=1S/C14H12FNO2.C2HF3O2/c15-12-3-1-2-4-13(12)18-14(17)11-7-5-10(9-16)6-8-11;3-2(4,5)1(6)7/h1-8H,9,16H2;(H,6,7). The Morgan fingerprint density at radius 2 is 1.56 bits per heavy atom. The molecule has 0 unspecified atom stereocenters. The van der Waals surface area contributed by atoms with Crippen molar-refractivity contribution in [2.24, 2.45) is 5.73 Å². The van der Waals surface area contributed by atoms with E-state index in [4.69, 9.17) is 20.4 Å². The van der Waals surface area contributed by atoms with Crippen LogP contribution in [0.5, 0.6) is 5.75 Å². The molecule has 0 saturated heterocycles. The van der Waals surface area contributed by atoms with Crippen LogP contribution in [0.1, 0.15) is 15.9 Å². The van der Waals surface area contributed by atoms with Crippen LogP contribution >= 0.6 is 0 Å². The van der Waals surface area contributed by atoms with Gasteiger partial charge >= 0.3 is 18.1 Å². The van der Waals surface area contributed by atoms with E-state index in [1.54, 1.807) is 30.3 Å². The minimum absolute atomic E-state index is 0.0783. The Hall–Kier alpha value is -2.94. The summed E-state index contributed by atoms with van der Waals surface area (Å²) in [6.07, 6.45) is -5.08. The third-order valence-electron chi connectivity index (χ3n) is 2.71. The molecule has 0 spiro atoms. The lowest BCUT2D eigenvalue weighted by Gasteiger charge is -2.05. The van der Waals surface area contributed by atoms with Gasteiger partial charge in [0.15, 0.2) is 11.6 Å². The van der Waals surface area contributed by atoms with Crippen molar-refractivity contribution in [3.63, 3.8) is 0 Å². The third-order valence-corrected chi connectivity index (χ3v) is 2.71. The number of esters is 1. The van der Waals surface area contributed by atoms with Crippen molar-refractivity contribution < 1.29 is 37.0 Å². The first kappa shape index (κ1) is 20.1. The predicted octanol–water partition coefficient (Wildman–Crippen LogP) is 3.14. The van der Waals surface area contributed by atoms with Crippen LogP contribution in [-0.4, -0.2) is 23.2 Å². The Balaban J connectivity index is 0.000000381. The summed E-state index contributed by atoms with van der Waals surface area (Å²) >= 11 is 0. The van der Waals surface area contributed by atoms with Gasteiger partial charge in [-0.15, -0.1) is 0 Å². The number of para-hydroxylation sites is 1. The van der Waals surface area contributed by atoms with Gasteiger partial charge in [-0.2, -0.15) is 13.2 Å². The Bertz CT molecular complexity index is 730. The van der Waals surface area contributed by atoms with Gasteiger partial charge in [-0.3, -0.25) is 0 Å². The topological polar surface area (TPSA) is 89.6 Å². The van der Waals surface area contributed by atoms with E-state index in [1.165, 1.54) is 18.2 Å². The fourth-order valence-electron chi connectivity index (χ4n) is 1.46. The maximum Gasteiger partial charge on any atom is 0.490 e. The monoisotopic (exact) mass is 359 g/mol. The normalized spacial score (nSPS) is 10.4. The number of carbonyl (C=O) groups excluding carboxylic acids is 1. The Labute approximate surface area is 139 Å². The molecule has 3 N–H and O–H groups in total. The van der Waals surface area contributed by atoms with E-state index in [9.17, 15) is 22.4 Å². The van der Waals surface area contributed by atoms with E-state index in [2.05, 4.69) is 0 Å². The summed E-state index contributed by atoms with van der Waals surface area (Å²) in [5.74, 6) is -3.99. The number of carbonyl (C=O) groups is 2. The first-order valence-corrected chi connectivity index (χ1v) is 6.71. The Morgan fingerprint density at radius 3 is 2.00 bits per heavy atom. The van der Waals surface area contributed by atoms with E-state index in [0.29, 0.717) is 12.1 Å². The zero-order valence-electron chi connectivity index (χ0n) is 12.6. The average Bonchev–Trinajstić information content (AvgIpc) is 2.56. The molecule has 0 atom stereocenters. The van der Waals surface area contributed by atoms with E-state index in [-0.39, 0.29) is 5.75 Å². The molecular formula is C16H13F4NO4. The maximum atomic E-state index is 13.3. The number of ether oxygens (including phenoxy) is 1. The molecule has 5 nitrogen and oxygen atoms in total. The van der Waals surface area contributed by atoms with Crippen molar-refractivity contribution in [1.82, 2.24) is 0 Å². The summed E-state index contributed by atoms with van der Waals surface area (Å²) in [5.41, 5.74) is 6.72. The Kier molecular flexibility index (Phi) is 7.06. The smallest absolute Gasteiger partial charge is 0.475 e. The van der Waals surface area contributed by atoms with Gasteiger partial charge in [-0.1, -0.05) is 24.3 Å². The van der Waals surface area contributed by atoms with Gasteiger partial charge in [-0.05, 0) is 29.8 Å². The fourth-order valence-corrected chi connectivity index (χ4v) is 1.46. The molecule has 134 valence electrons. The Morgan fingerprint density at radius 1 is 1.04 bits per heavy atom. The molecule has 0 heterocycles. The van der Waals surface area contributed by atoms with E-state index in [0.717, 1.165) is 5.56 Å². The number of carboxylic acid groups (broad SMARTS) is 1. The number of carboxylic acids is 1. The van der Waals surface area contributed by atoms with Gasteiger partial charge in [-0.25, -0.2) is 14.0 Å². The molecule has 0 amide bonds. The first-order chi connectivity index (χ1) is 11.6. The first-order valence-electron chi connectivity index (χ1n) is 6.71. The number of hydrogen-bond acceptors (Lipinski definition) is 4. The molecule has 0 bridgehead atoms. The van der Waals surface area contributed by atoms with Gasteiger partial charge in [0, 0.05) is 6.54 Å². The highest BCUT2D eigenvalue weighted by atomic mass is 19.4. The van der Waals surface area contributed by atoms with E-state index >= 15 is 0 Å². The molecule has 25 heavy (non-hydrogen) atoms. The van der Waals surface area contributed by atoms with Crippen LogP contribution in [0.2, 0.25) is 0 Å². The van der Waals surface area contributed by atoms with Crippen molar-refractivity contribution >= 4 is 11.9 Å². The molecule has 0 aliphatic rings. The van der Waals surface area contributed by atoms with Crippen LogP contribution in [0.15, 0.2) is 48.5 Å². The van der Waals surface area contributed by atoms with Crippen molar-refractivity contribution in [1.29, 1.82) is 0 Å². The second-order valence-corrected chi connectivity index (χ2v) is 4.52. The summed E-state index contributed by atoms with van der Waals surface area (Å²) in [4.78, 5) is 20.6. The second-order valence-electron chi connectivity index (χ2n) is 4.52. The van der Waals surface area contributed by atoms with Crippen LogP contribution < -0.4 is 10.5 Å². The average molecular weight is 359 g/mol. The van der Waals surface area contributed by atoms with Crippen molar-refractivity contribution in [3.05, 3.63) is 65.5 Å². The summed E-state index contributed by atoms with van der Waals surface area (Å²) in [7, 11) is 0. The number of halogens is 4. The summed E-state index contributed by atoms with van der Waals surface area (Å²) < 4.78 is 50.0. The molecule has 0 aromatic heterocycles. The molecule has 2 aromatic carbocycles. The summed E-state index contributed by atoms with van der Waals surface area (Å²) in [5, 5.41) is 7.12. The SMILES string of the molecule is NCc1ccc(C(=O)Oc2ccccc2F)cc1.O=C(O)C(F)(F)F. The van der Waals surface area contributed by atoms with Gasteiger partial charge < -0.3 is 15.6 Å². The van der Waals surface area contributed by atoms with Crippen LogP contribution in [0.4, 0.5) is 17.6 Å². The highest BCUT2D eigenvalue weighted by Gasteiger charge is 2.38. The molecule has 0 saturated carbocycles. The van der Waals surface area contributed by atoms with Crippen LogP contribution in [0.3, 0.4) is 0 Å². The lowest BCUT2D eigenvalue weighted by molar-refractivity contribution is -0.192. The second kappa shape index (κ2) is 8.78. The van der Waals surface area contributed by atoms with Crippen molar-refractivity contribution in [2.45, 2.75) is 12.7 Å². The molecule has 0 aliphatic carbocycles. The van der Waals surface area contributed by atoms with Crippen molar-refractivity contribution in [3.8, 4) is 5.75 Å². The fraction of sp³-hybridized carbons (Fsp3) is 0.125. The van der Waals surface area contributed by atoms with Gasteiger partial charge in [0.1, 0.15) is 0 Å². The molecule has 0 radical (unpaired) electrons. The number of aliphatic carboxylic acids is 1. The van der Waals surface area contributed by atoms with E-state index in [1.807, 2.05) is 0 Å². The van der Waals surface area contributed by atoms with Gasteiger partial charge in [0.2, 0.25) is 0 Å². The van der Waals surface area contributed by atoms with Crippen LogP contribution in [0, 0.1) is 5.82 Å². The van der Waals surface area contributed by atoms with Crippen molar-refractivity contribution in [2.75, 3.05) is 0 Å². The molecule has 0 fully saturated rings. The van der Waals surface area contributed by atoms with Gasteiger partial charge in [0.05, 0.1) is 5.56 Å². The van der Waals surface area contributed by atoms with Crippen LogP contribution in [0.25, 0.3) is 0 Å². The van der Waals surface area contributed by atoms with Gasteiger partial charge in [0.25, 0.3) is 0 Å². The zero-order chi connectivity index (χ0) is 19.0. The van der Waals surface area contributed by atoms with Crippen LogP contribution in [-0.2, 0) is 11.3 Å². The largest absolute Gasteiger partial charge is 0.490 e. The van der Waals surface area contributed by atoms with E-state index < -0.39 is 23.9 Å². The lowest BCUT2D eigenvalue weighted by atomic mass is 10.1. The number of benzene rings is 2. The predicted molar refractivity (Wildman–Crippen MR) is 79.4 cm³/mol. The third kappa shape index (κ3) is 6.60. The molecule has 9 heteroatoms. The number of nitrogens with two attached hydrogens (primary N) is 1. The summed E-state index contributed by atoms with van der Waals surface area (Å²) in [6.45, 7) is 0.405. The minimum Gasteiger partial charge on any atom is -0.475 e. The molecule has 2 rings (SSSR count). The number of alkyl halides is 3. The quantitative estimate of drug-likeness (QED) is 0.499. The lowest BCUT2D eigenvalue weighted by Crippen LogP contribution is -2.21. The molecule has 0 aliphatic heterocycles. The minimum atomic E-state index is -5.08. The highest BCUT2D eigenvalue weighted by Crippen LogP contribution is 2.17. The number of hydrogen-bond donors (Lipinski definition) is 2. The number of rotatable bonds is 3. The summed E-state index contributed by atoms with van der Waals surface area (Å²) in [6, 6.07) is 12.4. The zero-order valence-corrected chi connectivity index (χ0v) is 12.6. The highest BCUT2D eigenvalue weighted by molar-refractivity contribution is 5.91.